The lowest BCUT2D eigenvalue weighted by Gasteiger charge is -2.17. The van der Waals surface area contributed by atoms with Crippen molar-refractivity contribution >= 4 is 5.84 Å². The van der Waals surface area contributed by atoms with Gasteiger partial charge in [0.05, 0.1) is 0 Å². The lowest BCUT2D eigenvalue weighted by atomic mass is 10.1. The zero-order valence-corrected chi connectivity index (χ0v) is 11.8. The number of oxime groups is 1. The van der Waals surface area contributed by atoms with Crippen LogP contribution in [0, 0.1) is 5.82 Å². The van der Waals surface area contributed by atoms with Gasteiger partial charge in [0.15, 0.2) is 5.84 Å². The van der Waals surface area contributed by atoms with Crippen LogP contribution in [0.3, 0.4) is 0 Å². The highest BCUT2D eigenvalue weighted by Crippen LogP contribution is 2.10. The molecular weight excluding hydrogens is 269 g/mol. The van der Waals surface area contributed by atoms with Gasteiger partial charge in [0.2, 0.25) is 0 Å². The van der Waals surface area contributed by atoms with Crippen LogP contribution < -0.4 is 5.73 Å². The van der Waals surface area contributed by atoms with E-state index in [0.29, 0.717) is 5.56 Å². The van der Waals surface area contributed by atoms with Crippen LogP contribution in [-0.2, 0) is 13.1 Å². The molecule has 5 heteroatoms. The van der Waals surface area contributed by atoms with Crippen molar-refractivity contribution in [1.82, 2.24) is 4.90 Å². The van der Waals surface area contributed by atoms with E-state index < -0.39 is 0 Å². The molecule has 0 spiro atoms. The molecule has 0 heterocycles. The zero-order valence-electron chi connectivity index (χ0n) is 11.8. The molecular formula is C16H18FN3O. The lowest BCUT2D eigenvalue weighted by molar-refractivity contribution is 0.318. The minimum Gasteiger partial charge on any atom is -0.409 e. The van der Waals surface area contributed by atoms with Crippen molar-refractivity contribution in [3.05, 3.63) is 71.0 Å². The Morgan fingerprint density at radius 2 is 1.52 bits per heavy atom. The maximum Gasteiger partial charge on any atom is 0.170 e. The third-order valence-corrected chi connectivity index (χ3v) is 3.18. The van der Waals surface area contributed by atoms with Gasteiger partial charge in [0.1, 0.15) is 5.82 Å². The molecule has 0 aliphatic heterocycles. The predicted octanol–water partition coefficient (Wildman–Crippen LogP) is 2.55. The van der Waals surface area contributed by atoms with Gasteiger partial charge in [-0.25, -0.2) is 4.39 Å². The highest BCUT2D eigenvalue weighted by atomic mass is 19.1. The molecule has 0 bridgehead atoms. The highest BCUT2D eigenvalue weighted by molar-refractivity contribution is 5.96. The summed E-state index contributed by atoms with van der Waals surface area (Å²) in [6.07, 6.45) is 0. The van der Waals surface area contributed by atoms with Crippen molar-refractivity contribution < 1.29 is 9.60 Å². The van der Waals surface area contributed by atoms with E-state index >= 15 is 0 Å². The van der Waals surface area contributed by atoms with Crippen LogP contribution in [0.4, 0.5) is 4.39 Å². The summed E-state index contributed by atoms with van der Waals surface area (Å²) in [5, 5.41) is 11.6. The van der Waals surface area contributed by atoms with E-state index in [1.807, 2.05) is 31.3 Å². The van der Waals surface area contributed by atoms with E-state index in [-0.39, 0.29) is 11.7 Å². The molecule has 4 nitrogen and oxygen atoms in total. The van der Waals surface area contributed by atoms with Crippen molar-refractivity contribution in [2.75, 3.05) is 7.05 Å². The Balaban J connectivity index is 1.96. The standard InChI is InChI=1S/C16H18FN3O/c1-20(11-13-4-8-15(17)9-5-13)10-12-2-6-14(7-3-12)16(18)19-21/h2-9,21H,10-11H2,1H3,(H2,18,19). The Bertz CT molecular complexity index is 608. The molecule has 0 aromatic heterocycles. The van der Waals surface area contributed by atoms with Crippen molar-refractivity contribution in [2.24, 2.45) is 10.9 Å². The largest absolute Gasteiger partial charge is 0.409 e. The number of nitrogens with zero attached hydrogens (tertiary/aromatic N) is 2. The first-order chi connectivity index (χ1) is 10.1. The van der Waals surface area contributed by atoms with Gasteiger partial charge in [0.25, 0.3) is 0 Å². The molecule has 0 atom stereocenters. The molecule has 2 aromatic rings. The maximum absolute atomic E-state index is 12.9. The van der Waals surface area contributed by atoms with E-state index in [1.54, 1.807) is 12.1 Å². The van der Waals surface area contributed by atoms with Crippen LogP contribution in [0.25, 0.3) is 0 Å². The minimum absolute atomic E-state index is 0.0983. The molecule has 0 aliphatic carbocycles. The second-order valence-corrected chi connectivity index (χ2v) is 4.98. The van der Waals surface area contributed by atoms with Gasteiger partial charge in [-0.05, 0) is 30.3 Å². The summed E-state index contributed by atoms with van der Waals surface area (Å²) in [7, 11) is 2.00. The lowest BCUT2D eigenvalue weighted by Crippen LogP contribution is -2.17. The van der Waals surface area contributed by atoms with Gasteiger partial charge in [-0.15, -0.1) is 0 Å². The van der Waals surface area contributed by atoms with Crippen LogP contribution >= 0.6 is 0 Å². The number of amidine groups is 1. The predicted molar refractivity (Wildman–Crippen MR) is 80.5 cm³/mol. The summed E-state index contributed by atoms with van der Waals surface area (Å²) >= 11 is 0. The van der Waals surface area contributed by atoms with Crippen molar-refractivity contribution in [3.8, 4) is 0 Å². The zero-order chi connectivity index (χ0) is 15.2. The second-order valence-electron chi connectivity index (χ2n) is 4.98. The topological polar surface area (TPSA) is 61.8 Å². The van der Waals surface area contributed by atoms with Crippen LogP contribution in [0.2, 0.25) is 0 Å². The first-order valence-corrected chi connectivity index (χ1v) is 6.58. The molecule has 110 valence electrons. The molecule has 0 saturated carbocycles. The molecule has 2 rings (SSSR count). The molecule has 0 aliphatic rings. The molecule has 3 N–H and O–H groups in total. The maximum atomic E-state index is 12.9. The van der Waals surface area contributed by atoms with Crippen LogP contribution in [-0.4, -0.2) is 23.0 Å². The van der Waals surface area contributed by atoms with Gasteiger partial charge in [0, 0.05) is 18.7 Å². The average molecular weight is 287 g/mol. The third-order valence-electron chi connectivity index (χ3n) is 3.18. The van der Waals surface area contributed by atoms with E-state index in [9.17, 15) is 4.39 Å². The SMILES string of the molecule is CN(Cc1ccc(F)cc1)Cc1ccc(C(N)=NO)cc1. The molecule has 0 amide bonds. The molecule has 0 unspecified atom stereocenters. The van der Waals surface area contributed by atoms with Gasteiger partial charge in [-0.3, -0.25) is 4.90 Å². The Morgan fingerprint density at radius 1 is 1.05 bits per heavy atom. The van der Waals surface area contributed by atoms with Gasteiger partial charge in [-0.2, -0.15) is 0 Å². The summed E-state index contributed by atoms with van der Waals surface area (Å²) in [6, 6.07) is 14.0. The monoisotopic (exact) mass is 287 g/mol. The number of hydrogen-bond acceptors (Lipinski definition) is 3. The summed E-state index contributed by atoms with van der Waals surface area (Å²) in [5.41, 5.74) is 8.38. The number of halogens is 1. The van der Waals surface area contributed by atoms with Crippen LogP contribution in [0.15, 0.2) is 53.7 Å². The van der Waals surface area contributed by atoms with Gasteiger partial charge in [-0.1, -0.05) is 41.6 Å². The fraction of sp³-hybridized carbons (Fsp3) is 0.188. The van der Waals surface area contributed by atoms with E-state index in [0.717, 1.165) is 24.2 Å². The summed E-state index contributed by atoms with van der Waals surface area (Å²) in [6.45, 7) is 1.50. The molecule has 0 fully saturated rings. The van der Waals surface area contributed by atoms with Gasteiger partial charge < -0.3 is 10.9 Å². The molecule has 0 radical (unpaired) electrons. The van der Waals surface area contributed by atoms with Crippen molar-refractivity contribution in [2.45, 2.75) is 13.1 Å². The van der Waals surface area contributed by atoms with E-state index in [1.165, 1.54) is 12.1 Å². The van der Waals surface area contributed by atoms with Crippen LogP contribution in [0.1, 0.15) is 16.7 Å². The fourth-order valence-corrected chi connectivity index (χ4v) is 2.11. The third kappa shape index (κ3) is 4.29. The highest BCUT2D eigenvalue weighted by Gasteiger charge is 2.04. The first-order valence-electron chi connectivity index (χ1n) is 6.58. The Morgan fingerprint density at radius 3 is 2.00 bits per heavy atom. The fourth-order valence-electron chi connectivity index (χ4n) is 2.11. The smallest absolute Gasteiger partial charge is 0.170 e. The number of hydrogen-bond donors (Lipinski definition) is 2. The number of benzene rings is 2. The van der Waals surface area contributed by atoms with Crippen LogP contribution in [0.5, 0.6) is 0 Å². The molecule has 2 aromatic carbocycles. The minimum atomic E-state index is -0.222. The number of rotatable bonds is 5. The second kappa shape index (κ2) is 6.85. The normalized spacial score (nSPS) is 11.9. The Kier molecular flexibility index (Phi) is 4.90. The summed E-state index contributed by atoms with van der Waals surface area (Å²) < 4.78 is 12.9. The first kappa shape index (κ1) is 15.0. The summed E-state index contributed by atoms with van der Waals surface area (Å²) in [5.74, 6) is -0.124. The van der Waals surface area contributed by atoms with E-state index in [4.69, 9.17) is 10.9 Å². The average Bonchev–Trinajstić information content (AvgIpc) is 2.49. The Labute approximate surface area is 123 Å². The van der Waals surface area contributed by atoms with Crippen molar-refractivity contribution in [1.29, 1.82) is 0 Å². The van der Waals surface area contributed by atoms with Gasteiger partial charge >= 0.3 is 0 Å². The molecule has 0 saturated heterocycles. The molecule has 21 heavy (non-hydrogen) atoms. The number of nitrogens with two attached hydrogens (primary N) is 1. The van der Waals surface area contributed by atoms with E-state index in [2.05, 4.69) is 10.1 Å². The quantitative estimate of drug-likeness (QED) is 0.384. The summed E-state index contributed by atoms with van der Waals surface area (Å²) in [4.78, 5) is 2.13. The van der Waals surface area contributed by atoms with Crippen molar-refractivity contribution in [3.63, 3.8) is 0 Å². The Hall–Kier alpha value is -2.40.